The summed E-state index contributed by atoms with van der Waals surface area (Å²) in [5.41, 5.74) is 0. The second-order valence-corrected chi connectivity index (χ2v) is 28.8. The fraction of sp³-hybridized carbons (Fsp3) is 0.942. The number of ether oxygens (including phenoxy) is 4. The first-order valence-electron chi connectivity index (χ1n) is 35.9. The van der Waals surface area contributed by atoms with E-state index in [1.165, 1.54) is 148 Å². The van der Waals surface area contributed by atoms with Gasteiger partial charge in [-0.3, -0.25) is 37.3 Å². The number of hydrogen-bond acceptors (Lipinski definition) is 15. The Kier molecular flexibility index (Phi) is 58.7. The molecule has 17 nitrogen and oxygen atoms in total. The SMILES string of the molecule is CCCCCCCCCCCCCCCC(=O)OC[C@H](COP(=O)(O)OC[C@@H](O)COP(=O)(O)OC[C@@H](COC(=O)CCCCCCCCC(C)CC)OC(=O)CCCCCCCCC(C)CC)OC(=O)CCCCCCCCCCCCCCC(C)C. The van der Waals surface area contributed by atoms with Gasteiger partial charge in [0.25, 0.3) is 0 Å². The molecule has 0 heterocycles. The largest absolute Gasteiger partial charge is 0.472 e. The van der Waals surface area contributed by atoms with E-state index in [4.69, 9.17) is 37.0 Å². The Hall–Kier alpha value is -1.94. The molecule has 0 aromatic rings. The van der Waals surface area contributed by atoms with Gasteiger partial charge < -0.3 is 33.8 Å². The van der Waals surface area contributed by atoms with Gasteiger partial charge in [0, 0.05) is 25.7 Å². The predicted octanol–water partition coefficient (Wildman–Crippen LogP) is 19.5. The molecule has 0 bridgehead atoms. The number of hydrogen-bond donors (Lipinski definition) is 3. The first-order chi connectivity index (χ1) is 42.3. The normalized spacial score (nSPS) is 14.9. The van der Waals surface area contributed by atoms with Gasteiger partial charge in [0.05, 0.1) is 26.4 Å². The van der Waals surface area contributed by atoms with E-state index in [9.17, 15) is 43.2 Å². The van der Waals surface area contributed by atoms with Gasteiger partial charge in [0.15, 0.2) is 12.2 Å². The molecule has 0 amide bonds. The van der Waals surface area contributed by atoms with E-state index in [1.54, 1.807) is 0 Å². The number of unbranched alkanes of at least 4 members (excludes halogenated alkanes) is 33. The van der Waals surface area contributed by atoms with Crippen molar-refractivity contribution in [2.75, 3.05) is 39.6 Å². The Bertz CT molecular complexity index is 1740. The van der Waals surface area contributed by atoms with Crippen molar-refractivity contribution >= 4 is 39.5 Å². The van der Waals surface area contributed by atoms with Crippen LogP contribution in [-0.2, 0) is 65.4 Å². The van der Waals surface area contributed by atoms with E-state index in [2.05, 4.69) is 48.5 Å². The van der Waals surface area contributed by atoms with E-state index in [0.717, 1.165) is 114 Å². The first kappa shape index (κ1) is 86.1. The van der Waals surface area contributed by atoms with Crippen LogP contribution in [0.25, 0.3) is 0 Å². The molecular weight excluding hydrogens is 1160 g/mol. The fourth-order valence-corrected chi connectivity index (χ4v) is 11.9. The van der Waals surface area contributed by atoms with Crippen molar-refractivity contribution < 1.29 is 80.2 Å². The Labute approximate surface area is 537 Å². The molecule has 0 aromatic heterocycles. The molecule has 19 heteroatoms. The number of carbonyl (C=O) groups excluding carboxylic acids is 4. The summed E-state index contributed by atoms with van der Waals surface area (Å²) < 4.78 is 68.2. The molecule has 0 saturated carbocycles. The molecule has 0 aliphatic heterocycles. The minimum atomic E-state index is -4.95. The maximum absolute atomic E-state index is 13.0. The van der Waals surface area contributed by atoms with Gasteiger partial charge in [-0.2, -0.15) is 0 Å². The van der Waals surface area contributed by atoms with Crippen LogP contribution in [0.5, 0.6) is 0 Å². The van der Waals surface area contributed by atoms with Crippen LogP contribution in [0.1, 0.15) is 344 Å². The molecule has 0 rings (SSSR count). The average Bonchev–Trinajstić information content (AvgIpc) is 3.71. The highest BCUT2D eigenvalue weighted by Gasteiger charge is 2.30. The zero-order valence-electron chi connectivity index (χ0n) is 57.2. The van der Waals surface area contributed by atoms with Crippen LogP contribution in [0.4, 0.5) is 0 Å². The summed E-state index contributed by atoms with van der Waals surface area (Å²) in [6, 6.07) is 0. The van der Waals surface area contributed by atoms with Crippen LogP contribution in [0.2, 0.25) is 0 Å². The molecule has 0 spiro atoms. The third-order valence-corrected chi connectivity index (χ3v) is 18.5. The van der Waals surface area contributed by atoms with Crippen molar-refractivity contribution in [2.24, 2.45) is 17.8 Å². The van der Waals surface area contributed by atoms with Crippen molar-refractivity contribution in [3.8, 4) is 0 Å². The van der Waals surface area contributed by atoms with Gasteiger partial charge in [-0.05, 0) is 43.4 Å². The van der Waals surface area contributed by atoms with Crippen molar-refractivity contribution in [1.82, 2.24) is 0 Å². The molecular formula is C69H134O17P2. The zero-order valence-corrected chi connectivity index (χ0v) is 59.0. The van der Waals surface area contributed by atoms with Gasteiger partial charge in [0.1, 0.15) is 19.3 Å². The van der Waals surface area contributed by atoms with Gasteiger partial charge in [-0.25, -0.2) is 9.13 Å². The Morgan fingerprint density at radius 3 is 0.864 bits per heavy atom. The molecule has 522 valence electrons. The van der Waals surface area contributed by atoms with E-state index in [-0.39, 0.29) is 25.7 Å². The summed E-state index contributed by atoms with van der Waals surface area (Å²) in [6.07, 6.45) is 43.1. The first-order valence-corrected chi connectivity index (χ1v) is 38.9. The molecule has 0 fully saturated rings. The van der Waals surface area contributed by atoms with Crippen molar-refractivity contribution in [2.45, 2.75) is 362 Å². The van der Waals surface area contributed by atoms with Crippen LogP contribution in [0.3, 0.4) is 0 Å². The van der Waals surface area contributed by atoms with E-state index in [1.807, 2.05) is 0 Å². The molecule has 7 atom stereocenters. The second kappa shape index (κ2) is 60.0. The van der Waals surface area contributed by atoms with Crippen molar-refractivity contribution in [1.29, 1.82) is 0 Å². The number of aliphatic hydroxyl groups excluding tert-OH is 1. The third kappa shape index (κ3) is 60.3. The number of aliphatic hydroxyl groups is 1. The van der Waals surface area contributed by atoms with E-state index < -0.39 is 97.5 Å². The van der Waals surface area contributed by atoms with Crippen LogP contribution in [-0.4, -0.2) is 96.7 Å². The van der Waals surface area contributed by atoms with Crippen molar-refractivity contribution in [3.05, 3.63) is 0 Å². The van der Waals surface area contributed by atoms with Crippen LogP contribution < -0.4 is 0 Å². The van der Waals surface area contributed by atoms with Gasteiger partial charge in [0.2, 0.25) is 0 Å². The topological polar surface area (TPSA) is 237 Å². The molecule has 0 saturated heterocycles. The molecule has 3 N–H and O–H groups in total. The second-order valence-electron chi connectivity index (χ2n) is 25.9. The summed E-state index contributed by atoms with van der Waals surface area (Å²) in [5, 5.41) is 10.6. The minimum absolute atomic E-state index is 0.102. The predicted molar refractivity (Wildman–Crippen MR) is 354 cm³/mol. The zero-order chi connectivity index (χ0) is 65.2. The lowest BCUT2D eigenvalue weighted by Gasteiger charge is -2.21. The number of rotatable bonds is 67. The van der Waals surface area contributed by atoms with Gasteiger partial charge in [-0.15, -0.1) is 0 Å². The van der Waals surface area contributed by atoms with E-state index in [0.29, 0.717) is 25.7 Å². The standard InChI is InChI=1S/C69H134O17P2/c1-8-11-12-13-14-15-16-17-21-24-27-36-43-50-66(71)79-56-64(85-68(73)52-45-38-28-25-22-19-18-20-23-26-33-40-47-60(4)5)58-83-87(75,76)81-54-63(70)55-82-88(77,78)84-59-65(86-69(74)53-46-39-32-30-35-42-49-62(7)10-3)57-80-67(72)51-44-37-31-29-34-41-48-61(6)9-2/h60-65,70H,8-59H2,1-7H3,(H,75,76)(H,77,78)/t61?,62?,63-,64-,65-/m1/s1. The highest BCUT2D eigenvalue weighted by Crippen LogP contribution is 2.45. The number of carbonyl (C=O) groups is 4. The molecule has 0 aromatic carbocycles. The van der Waals surface area contributed by atoms with Crippen LogP contribution in [0.15, 0.2) is 0 Å². The quantitative estimate of drug-likeness (QED) is 0.0222. The monoisotopic (exact) mass is 1300 g/mol. The Balaban J connectivity index is 5.26. The van der Waals surface area contributed by atoms with Gasteiger partial charge in [-0.1, -0.05) is 292 Å². The highest BCUT2D eigenvalue weighted by atomic mass is 31.2. The lowest BCUT2D eigenvalue weighted by molar-refractivity contribution is -0.161. The maximum atomic E-state index is 13.0. The minimum Gasteiger partial charge on any atom is -0.462 e. The Morgan fingerprint density at radius 1 is 0.330 bits per heavy atom. The van der Waals surface area contributed by atoms with Crippen molar-refractivity contribution in [3.63, 3.8) is 0 Å². The summed E-state index contributed by atoms with van der Waals surface area (Å²) in [7, 11) is -9.90. The van der Waals surface area contributed by atoms with Crippen LogP contribution >= 0.6 is 15.6 Å². The molecule has 0 aliphatic carbocycles. The summed E-state index contributed by atoms with van der Waals surface area (Å²) >= 11 is 0. The lowest BCUT2D eigenvalue weighted by Crippen LogP contribution is -2.30. The molecule has 0 radical (unpaired) electrons. The average molecular weight is 1300 g/mol. The summed E-state index contributed by atoms with van der Waals surface area (Å²) in [6.45, 7) is 11.8. The molecule has 0 aliphatic rings. The molecule has 4 unspecified atom stereocenters. The number of esters is 4. The smallest absolute Gasteiger partial charge is 0.462 e. The summed E-state index contributed by atoms with van der Waals surface area (Å²) in [5.74, 6) is 0.0972. The number of phosphoric ester groups is 2. The third-order valence-electron chi connectivity index (χ3n) is 16.6. The Morgan fingerprint density at radius 2 is 0.580 bits per heavy atom. The highest BCUT2D eigenvalue weighted by molar-refractivity contribution is 7.47. The molecule has 88 heavy (non-hydrogen) atoms. The van der Waals surface area contributed by atoms with E-state index >= 15 is 0 Å². The van der Waals surface area contributed by atoms with Crippen LogP contribution in [0, 0.1) is 17.8 Å². The fourth-order valence-electron chi connectivity index (χ4n) is 10.3. The van der Waals surface area contributed by atoms with Gasteiger partial charge >= 0.3 is 39.5 Å². The number of phosphoric acid groups is 2. The lowest BCUT2D eigenvalue weighted by atomic mass is 10.00. The maximum Gasteiger partial charge on any atom is 0.472 e. The summed E-state index contributed by atoms with van der Waals surface area (Å²) in [4.78, 5) is 72.5.